The molecular formula is C74H44N2O4. The van der Waals surface area contributed by atoms with E-state index in [-0.39, 0.29) is 0 Å². The highest BCUT2D eigenvalue weighted by Crippen LogP contribution is 2.48. The van der Waals surface area contributed by atoms with Crippen LogP contribution in [0, 0.1) is 0 Å². The summed E-state index contributed by atoms with van der Waals surface area (Å²) < 4.78 is 27.7. The van der Waals surface area contributed by atoms with Crippen LogP contribution in [0.4, 0.5) is 34.1 Å². The fourth-order valence-electron chi connectivity index (χ4n) is 12.5. The molecule has 6 nitrogen and oxygen atoms in total. The summed E-state index contributed by atoms with van der Waals surface area (Å²) >= 11 is 0. The molecule has 0 atom stereocenters. The van der Waals surface area contributed by atoms with E-state index in [1.54, 1.807) is 0 Å². The zero-order valence-corrected chi connectivity index (χ0v) is 42.9. The van der Waals surface area contributed by atoms with Crippen molar-refractivity contribution in [1.29, 1.82) is 0 Å². The van der Waals surface area contributed by atoms with Crippen LogP contribution in [0.5, 0.6) is 0 Å². The molecule has 0 aliphatic heterocycles. The molecule has 0 unspecified atom stereocenters. The number of para-hydroxylation sites is 6. The third-order valence-electron chi connectivity index (χ3n) is 16.2. The first-order valence-electron chi connectivity index (χ1n) is 27.0. The monoisotopic (exact) mass is 1020 g/mol. The van der Waals surface area contributed by atoms with Crippen LogP contribution >= 0.6 is 0 Å². The molecule has 4 heterocycles. The minimum Gasteiger partial charge on any atom is -0.456 e. The Labute approximate surface area is 457 Å². The van der Waals surface area contributed by atoms with E-state index in [9.17, 15) is 0 Å². The fraction of sp³-hybridized carbons (Fsp3) is 0. The van der Waals surface area contributed by atoms with Gasteiger partial charge in [-0.05, 0) is 130 Å². The minimum absolute atomic E-state index is 0.778. The maximum Gasteiger partial charge on any atom is 0.159 e. The highest BCUT2D eigenvalue weighted by Gasteiger charge is 2.25. The molecule has 6 heteroatoms. The van der Waals surface area contributed by atoms with Gasteiger partial charge in [-0.2, -0.15) is 0 Å². The molecule has 0 N–H and O–H groups in total. The van der Waals surface area contributed by atoms with E-state index in [0.29, 0.717) is 0 Å². The fourth-order valence-corrected chi connectivity index (χ4v) is 12.5. The summed E-state index contributed by atoms with van der Waals surface area (Å²) in [6.45, 7) is 0. The van der Waals surface area contributed by atoms with E-state index >= 15 is 0 Å². The molecule has 0 saturated carbocycles. The molecule has 0 bridgehead atoms. The molecule has 0 amide bonds. The first-order valence-corrected chi connectivity index (χ1v) is 27.0. The molecule has 13 aromatic carbocycles. The van der Waals surface area contributed by atoms with E-state index in [1.165, 1.54) is 0 Å². The molecule has 80 heavy (non-hydrogen) atoms. The van der Waals surface area contributed by atoms with Gasteiger partial charge in [-0.3, -0.25) is 0 Å². The second kappa shape index (κ2) is 17.3. The van der Waals surface area contributed by atoms with Crippen LogP contribution in [0.3, 0.4) is 0 Å². The summed E-state index contributed by atoms with van der Waals surface area (Å²) in [5, 5.41) is 12.7. The van der Waals surface area contributed by atoms with Gasteiger partial charge in [0, 0.05) is 71.6 Å². The Morgan fingerprint density at radius 1 is 0.225 bits per heavy atom. The third kappa shape index (κ3) is 6.79. The van der Waals surface area contributed by atoms with Crippen molar-refractivity contribution in [2.45, 2.75) is 0 Å². The average Bonchev–Trinajstić information content (AvgIpc) is 4.42. The largest absolute Gasteiger partial charge is 0.456 e. The molecule has 4 aromatic heterocycles. The number of nitrogens with zero attached hydrogens (tertiary/aromatic N) is 2. The third-order valence-corrected chi connectivity index (χ3v) is 16.2. The van der Waals surface area contributed by atoms with Gasteiger partial charge in [-0.25, -0.2) is 0 Å². The van der Waals surface area contributed by atoms with Gasteiger partial charge in [0.2, 0.25) is 0 Å². The van der Waals surface area contributed by atoms with E-state index in [1.807, 2.05) is 12.1 Å². The van der Waals surface area contributed by atoms with E-state index < -0.39 is 0 Å². The van der Waals surface area contributed by atoms with Gasteiger partial charge in [-0.15, -0.1) is 0 Å². The number of benzene rings is 13. The van der Waals surface area contributed by atoms with Crippen LogP contribution in [-0.4, -0.2) is 0 Å². The van der Waals surface area contributed by atoms with Crippen LogP contribution in [-0.2, 0) is 0 Å². The number of furan rings is 4. The topological polar surface area (TPSA) is 59.0 Å². The lowest BCUT2D eigenvalue weighted by atomic mass is 10.0. The smallest absolute Gasteiger partial charge is 0.159 e. The van der Waals surface area contributed by atoms with Crippen LogP contribution in [0.1, 0.15) is 0 Å². The SMILES string of the molecule is c1ccc(-c2cccc3c2oc2c(N(c4ccccc4)c4ccc5cc6c(cc5c4)oc4c6ccc5oc6cc7cc(N(c8ccccc8)c8cccc9c8oc8c(-c%10ccccc%10)cccc89)ccc7cc6c54)cccc23)cc1. The lowest BCUT2D eigenvalue weighted by Crippen LogP contribution is -2.10. The Hall–Kier alpha value is -10.8. The van der Waals surface area contributed by atoms with Crippen molar-refractivity contribution >= 4 is 143 Å². The van der Waals surface area contributed by atoms with Crippen LogP contribution < -0.4 is 9.80 Å². The molecule has 0 aliphatic rings. The van der Waals surface area contributed by atoms with Gasteiger partial charge < -0.3 is 27.5 Å². The molecule has 0 fully saturated rings. The highest BCUT2D eigenvalue weighted by atomic mass is 16.3. The molecule has 0 radical (unpaired) electrons. The van der Waals surface area contributed by atoms with Crippen LogP contribution in [0.2, 0.25) is 0 Å². The maximum atomic E-state index is 6.99. The van der Waals surface area contributed by atoms with Crippen molar-refractivity contribution in [3.8, 4) is 22.3 Å². The Bertz CT molecular complexity index is 5310. The molecular weight excluding hydrogens is 981 g/mol. The van der Waals surface area contributed by atoms with Crippen molar-refractivity contribution in [3.63, 3.8) is 0 Å². The Morgan fingerprint density at radius 2 is 0.662 bits per heavy atom. The van der Waals surface area contributed by atoms with Crippen LogP contribution in [0.15, 0.2) is 285 Å². The lowest BCUT2D eigenvalue weighted by molar-refractivity contribution is 0.663. The minimum atomic E-state index is 0.778. The van der Waals surface area contributed by atoms with E-state index in [4.69, 9.17) is 17.7 Å². The zero-order chi connectivity index (χ0) is 52.4. The Kier molecular flexibility index (Phi) is 9.61. The summed E-state index contributed by atoms with van der Waals surface area (Å²) in [5.41, 5.74) is 16.9. The van der Waals surface area contributed by atoms with Crippen LogP contribution in [0.25, 0.3) is 132 Å². The predicted molar refractivity (Wildman–Crippen MR) is 331 cm³/mol. The van der Waals surface area contributed by atoms with E-state index in [0.717, 1.165) is 166 Å². The van der Waals surface area contributed by atoms with Gasteiger partial charge in [-0.1, -0.05) is 170 Å². The molecule has 0 aliphatic carbocycles. The van der Waals surface area contributed by atoms with Crippen molar-refractivity contribution in [3.05, 3.63) is 267 Å². The van der Waals surface area contributed by atoms with Gasteiger partial charge in [0.1, 0.15) is 33.5 Å². The normalized spacial score (nSPS) is 12.0. The van der Waals surface area contributed by atoms with Gasteiger partial charge >= 0.3 is 0 Å². The Morgan fingerprint density at radius 3 is 1.18 bits per heavy atom. The number of hydrogen-bond acceptors (Lipinski definition) is 6. The van der Waals surface area contributed by atoms with Crippen molar-refractivity contribution < 1.29 is 17.7 Å². The molecule has 17 rings (SSSR count). The molecule has 0 saturated heterocycles. The predicted octanol–water partition coefficient (Wildman–Crippen LogP) is 21.9. The number of rotatable bonds is 8. The number of anilines is 6. The summed E-state index contributed by atoms with van der Waals surface area (Å²) in [6, 6.07) is 94.1. The quantitative estimate of drug-likeness (QED) is 0.151. The summed E-state index contributed by atoms with van der Waals surface area (Å²) in [7, 11) is 0. The average molecular weight is 1030 g/mol. The first-order chi connectivity index (χ1) is 39.6. The standard InChI is InChI=1S/C74H44N2O4/c1-5-17-45(18-6-1)55-25-13-27-57-59-29-15-31-64(72(59)79-70(55)57)75(51-21-9-3-10-22-51)53-35-33-47-41-62-61-37-38-66-69(74(61)78-67(62)43-49(47)39-53)63-42-48-34-36-54(40-50(48)44-68(63)77-66)76(52-23-11-4-12-24-52)65-32-16-30-60-58-28-14-26-56(71(58)80-73(60)65)46-19-7-2-8-20-46/h1-44H. The van der Waals surface area contributed by atoms with Gasteiger partial charge in [0.25, 0.3) is 0 Å². The second-order valence-corrected chi connectivity index (χ2v) is 20.7. The second-order valence-electron chi connectivity index (χ2n) is 20.7. The summed E-state index contributed by atoms with van der Waals surface area (Å²) in [5.74, 6) is 0. The van der Waals surface area contributed by atoms with Crippen molar-refractivity contribution in [1.82, 2.24) is 0 Å². The first kappa shape index (κ1) is 44.3. The number of hydrogen-bond donors (Lipinski definition) is 0. The van der Waals surface area contributed by atoms with Gasteiger partial charge in [0.05, 0.1) is 16.8 Å². The summed E-state index contributed by atoms with van der Waals surface area (Å²) in [6.07, 6.45) is 0. The Balaban J connectivity index is 0.778. The van der Waals surface area contributed by atoms with Crippen molar-refractivity contribution in [2.24, 2.45) is 0 Å². The lowest BCUT2D eigenvalue weighted by Gasteiger charge is -2.25. The number of fused-ring (bicyclic) bond motifs is 15. The highest BCUT2D eigenvalue weighted by molar-refractivity contribution is 6.25. The van der Waals surface area contributed by atoms with Crippen molar-refractivity contribution in [2.75, 3.05) is 9.80 Å². The maximum absolute atomic E-state index is 6.99. The zero-order valence-electron chi connectivity index (χ0n) is 42.9. The molecule has 374 valence electrons. The molecule has 17 aromatic rings. The van der Waals surface area contributed by atoms with Gasteiger partial charge in [0.15, 0.2) is 11.2 Å². The van der Waals surface area contributed by atoms with E-state index in [2.05, 4.69) is 265 Å². The summed E-state index contributed by atoms with van der Waals surface area (Å²) in [4.78, 5) is 4.59. The molecule has 0 spiro atoms.